The van der Waals surface area contributed by atoms with Gasteiger partial charge >= 0.3 is 6.03 Å². The number of rotatable bonds is 3. The molecular formula is C22H16N4O2. The Kier molecular flexibility index (Phi) is 3.87. The smallest absolute Gasteiger partial charge is 0.319 e. The van der Waals surface area contributed by atoms with E-state index in [1.54, 1.807) is 6.07 Å². The van der Waals surface area contributed by atoms with Gasteiger partial charge in [-0.2, -0.15) is 0 Å². The summed E-state index contributed by atoms with van der Waals surface area (Å²) in [7, 11) is 0. The Balaban J connectivity index is 1.39. The summed E-state index contributed by atoms with van der Waals surface area (Å²) in [4.78, 5) is 12.7. The number of amides is 2. The van der Waals surface area contributed by atoms with Gasteiger partial charge in [0.15, 0.2) is 0 Å². The minimum absolute atomic E-state index is 0.188. The summed E-state index contributed by atoms with van der Waals surface area (Å²) >= 11 is 0. The van der Waals surface area contributed by atoms with Crippen LogP contribution >= 0.6 is 0 Å². The van der Waals surface area contributed by atoms with Crippen LogP contribution in [0.15, 0.2) is 83.6 Å². The van der Waals surface area contributed by atoms with Crippen molar-refractivity contribution in [1.82, 2.24) is 15.5 Å². The summed E-state index contributed by atoms with van der Waals surface area (Å²) in [6.07, 6.45) is 1.27. The van der Waals surface area contributed by atoms with E-state index in [0.29, 0.717) is 11.6 Å². The van der Waals surface area contributed by atoms with Gasteiger partial charge in [-0.3, -0.25) is 0 Å². The molecule has 136 valence electrons. The number of carbonyl (C=O) groups is 1. The van der Waals surface area contributed by atoms with E-state index in [9.17, 15) is 4.79 Å². The molecule has 4 aromatic rings. The second-order valence-electron chi connectivity index (χ2n) is 6.53. The van der Waals surface area contributed by atoms with E-state index in [1.165, 1.54) is 6.39 Å². The lowest BCUT2D eigenvalue weighted by molar-refractivity contribution is 0.250. The van der Waals surface area contributed by atoms with E-state index in [1.807, 2.05) is 42.5 Å². The van der Waals surface area contributed by atoms with E-state index in [0.717, 1.165) is 27.8 Å². The maximum Gasteiger partial charge on any atom is 0.319 e. The van der Waals surface area contributed by atoms with Crippen LogP contribution in [0.4, 0.5) is 10.5 Å². The number of hydrogen-bond acceptors (Lipinski definition) is 4. The Hall–Kier alpha value is -3.93. The first kappa shape index (κ1) is 16.3. The summed E-state index contributed by atoms with van der Waals surface area (Å²) < 4.78 is 5.21. The molecule has 0 bridgehead atoms. The number of hydrogen-bond donors (Lipinski definition) is 2. The van der Waals surface area contributed by atoms with Crippen LogP contribution in [-0.4, -0.2) is 16.2 Å². The van der Waals surface area contributed by atoms with Gasteiger partial charge in [-0.1, -0.05) is 54.6 Å². The van der Waals surface area contributed by atoms with Crippen molar-refractivity contribution in [3.05, 3.63) is 90.3 Å². The highest BCUT2D eigenvalue weighted by atomic mass is 16.4. The van der Waals surface area contributed by atoms with Crippen molar-refractivity contribution in [3.63, 3.8) is 0 Å². The fourth-order valence-corrected chi connectivity index (χ4v) is 3.64. The molecule has 1 aliphatic rings. The fraction of sp³-hybridized carbons (Fsp3) is 0.0455. The predicted molar refractivity (Wildman–Crippen MR) is 106 cm³/mol. The van der Waals surface area contributed by atoms with Crippen molar-refractivity contribution in [3.8, 4) is 22.6 Å². The van der Waals surface area contributed by atoms with Crippen molar-refractivity contribution in [2.24, 2.45) is 0 Å². The second-order valence-corrected chi connectivity index (χ2v) is 6.53. The first-order chi connectivity index (χ1) is 13.8. The highest BCUT2D eigenvalue weighted by Crippen LogP contribution is 2.43. The van der Waals surface area contributed by atoms with Crippen LogP contribution in [0.2, 0.25) is 0 Å². The Labute approximate surface area is 161 Å². The van der Waals surface area contributed by atoms with Gasteiger partial charge in [0.05, 0.1) is 6.04 Å². The summed E-state index contributed by atoms with van der Waals surface area (Å²) in [6.45, 7) is 0. The van der Waals surface area contributed by atoms with Gasteiger partial charge in [0.2, 0.25) is 12.3 Å². The van der Waals surface area contributed by atoms with Crippen LogP contribution in [0.5, 0.6) is 0 Å². The molecule has 0 fully saturated rings. The topological polar surface area (TPSA) is 80.1 Å². The van der Waals surface area contributed by atoms with Crippen molar-refractivity contribution in [2.75, 3.05) is 5.32 Å². The molecule has 0 radical (unpaired) electrons. The molecule has 3 aromatic carbocycles. The number of urea groups is 1. The Morgan fingerprint density at radius 2 is 1.61 bits per heavy atom. The van der Waals surface area contributed by atoms with Crippen molar-refractivity contribution in [2.45, 2.75) is 6.04 Å². The average Bonchev–Trinajstić information content (AvgIpc) is 3.36. The van der Waals surface area contributed by atoms with Crippen LogP contribution in [0, 0.1) is 0 Å². The molecule has 0 saturated carbocycles. The number of anilines is 1. The summed E-state index contributed by atoms with van der Waals surface area (Å²) in [5.41, 5.74) is 5.89. The molecule has 0 atom stereocenters. The molecule has 0 unspecified atom stereocenters. The van der Waals surface area contributed by atoms with E-state index >= 15 is 0 Å². The molecule has 2 N–H and O–H groups in total. The minimum atomic E-state index is -0.279. The number of nitrogens with zero attached hydrogens (tertiary/aromatic N) is 2. The van der Waals surface area contributed by atoms with Gasteiger partial charge in [0.1, 0.15) is 0 Å². The summed E-state index contributed by atoms with van der Waals surface area (Å²) in [5.74, 6) is 0.405. The molecule has 28 heavy (non-hydrogen) atoms. The maximum absolute atomic E-state index is 12.7. The highest BCUT2D eigenvalue weighted by molar-refractivity contribution is 5.92. The maximum atomic E-state index is 12.7. The van der Waals surface area contributed by atoms with E-state index in [-0.39, 0.29) is 12.1 Å². The Morgan fingerprint density at radius 1 is 0.893 bits per heavy atom. The molecule has 6 heteroatoms. The fourth-order valence-electron chi connectivity index (χ4n) is 3.64. The van der Waals surface area contributed by atoms with Crippen molar-refractivity contribution >= 4 is 11.7 Å². The number of fused-ring (bicyclic) bond motifs is 3. The lowest BCUT2D eigenvalue weighted by atomic mass is 10.1. The molecule has 5 rings (SSSR count). The Morgan fingerprint density at radius 3 is 2.29 bits per heavy atom. The Bertz CT molecular complexity index is 1110. The number of aromatic nitrogens is 2. The molecule has 0 aliphatic heterocycles. The summed E-state index contributed by atoms with van der Waals surface area (Å²) in [5, 5.41) is 13.6. The van der Waals surface area contributed by atoms with Gasteiger partial charge in [-0.15, -0.1) is 10.2 Å². The number of carbonyl (C=O) groups excluding carboxylic acids is 1. The van der Waals surface area contributed by atoms with Gasteiger partial charge in [0, 0.05) is 11.3 Å². The predicted octanol–water partition coefficient (Wildman–Crippen LogP) is 4.63. The third-order valence-electron chi connectivity index (χ3n) is 4.84. The van der Waals surface area contributed by atoms with E-state index in [4.69, 9.17) is 4.42 Å². The van der Waals surface area contributed by atoms with E-state index in [2.05, 4.69) is 45.1 Å². The quantitative estimate of drug-likeness (QED) is 0.553. The summed E-state index contributed by atoms with van der Waals surface area (Å²) in [6, 6.07) is 23.1. The molecular weight excluding hydrogens is 352 g/mol. The van der Waals surface area contributed by atoms with Gasteiger partial charge < -0.3 is 15.1 Å². The monoisotopic (exact) mass is 368 g/mol. The number of nitrogens with one attached hydrogen (secondary N) is 2. The first-order valence-corrected chi connectivity index (χ1v) is 8.92. The third kappa shape index (κ3) is 2.81. The third-order valence-corrected chi connectivity index (χ3v) is 4.84. The van der Waals surface area contributed by atoms with Crippen LogP contribution in [0.3, 0.4) is 0 Å². The molecule has 1 heterocycles. The zero-order chi connectivity index (χ0) is 18.9. The second kappa shape index (κ2) is 6.66. The lowest BCUT2D eigenvalue weighted by Crippen LogP contribution is -2.32. The normalized spacial score (nSPS) is 12.3. The van der Waals surface area contributed by atoms with Gasteiger partial charge in [-0.05, 0) is 40.5 Å². The lowest BCUT2D eigenvalue weighted by Gasteiger charge is -2.16. The molecule has 6 nitrogen and oxygen atoms in total. The van der Waals surface area contributed by atoms with Gasteiger partial charge in [0.25, 0.3) is 0 Å². The largest absolute Gasteiger partial charge is 0.423 e. The molecule has 0 saturated heterocycles. The zero-order valence-corrected chi connectivity index (χ0v) is 14.8. The molecule has 1 aromatic heterocycles. The zero-order valence-electron chi connectivity index (χ0n) is 14.8. The average molecular weight is 368 g/mol. The van der Waals surface area contributed by atoms with Crippen LogP contribution in [0.25, 0.3) is 22.6 Å². The number of benzene rings is 3. The molecule has 1 aliphatic carbocycles. The molecule has 0 spiro atoms. The van der Waals surface area contributed by atoms with E-state index < -0.39 is 0 Å². The minimum Gasteiger partial charge on any atom is -0.423 e. The highest BCUT2D eigenvalue weighted by Gasteiger charge is 2.29. The van der Waals surface area contributed by atoms with Crippen LogP contribution < -0.4 is 10.6 Å². The van der Waals surface area contributed by atoms with Crippen LogP contribution in [-0.2, 0) is 0 Å². The van der Waals surface area contributed by atoms with Crippen molar-refractivity contribution in [1.29, 1.82) is 0 Å². The first-order valence-electron chi connectivity index (χ1n) is 8.92. The van der Waals surface area contributed by atoms with Crippen LogP contribution in [0.1, 0.15) is 17.2 Å². The standard InChI is InChI=1S/C22H16N4O2/c27-22(24-15-7-5-6-14(12-15)21-26-23-13-28-21)25-20-18-10-3-1-8-16(18)17-9-2-4-11-19(17)20/h1-13,20H,(H2,24,25,27). The molecule has 2 amide bonds. The van der Waals surface area contributed by atoms with Gasteiger partial charge in [-0.25, -0.2) is 4.79 Å². The van der Waals surface area contributed by atoms with Crippen molar-refractivity contribution < 1.29 is 9.21 Å². The SMILES string of the molecule is O=C(Nc1cccc(-c2nnco2)c1)NC1c2ccccc2-c2ccccc21.